The van der Waals surface area contributed by atoms with E-state index in [4.69, 9.17) is 0 Å². The molecule has 2 heterocycles. The third kappa shape index (κ3) is 2.91. The molecule has 1 fully saturated rings. The Morgan fingerprint density at radius 3 is 2.78 bits per heavy atom. The lowest BCUT2D eigenvalue weighted by Gasteiger charge is -2.33. The van der Waals surface area contributed by atoms with Gasteiger partial charge >= 0.3 is 0 Å². The maximum atomic E-state index is 4.46. The van der Waals surface area contributed by atoms with Gasteiger partial charge in [-0.15, -0.1) is 0 Å². The summed E-state index contributed by atoms with van der Waals surface area (Å²) in [6, 6.07) is 12.7. The van der Waals surface area contributed by atoms with Crippen molar-refractivity contribution in [2.75, 3.05) is 11.4 Å². The van der Waals surface area contributed by atoms with Crippen LogP contribution in [0.15, 0.2) is 42.7 Å². The van der Waals surface area contributed by atoms with E-state index in [2.05, 4.69) is 56.4 Å². The summed E-state index contributed by atoms with van der Waals surface area (Å²) in [7, 11) is 0. The van der Waals surface area contributed by atoms with E-state index in [9.17, 15) is 0 Å². The van der Waals surface area contributed by atoms with Crippen molar-refractivity contribution in [2.24, 2.45) is 5.92 Å². The maximum absolute atomic E-state index is 4.46. The predicted octanol–water partition coefficient (Wildman–Crippen LogP) is 3.24. The summed E-state index contributed by atoms with van der Waals surface area (Å²) in [5.41, 5.74) is 2.29. The Kier molecular flexibility index (Phi) is 3.69. The standard InChI is InChI=1S/C18H21N5/c1-14-10-17(23-18(21-14)19-13-20-23)22(12-16-8-5-9-16)11-15-6-3-2-4-7-15/h2-4,6-7,10,13,16H,5,8-9,11-12H2,1H3. The molecule has 5 nitrogen and oxygen atoms in total. The Hall–Kier alpha value is -2.43. The summed E-state index contributed by atoms with van der Waals surface area (Å²) in [5, 5.41) is 4.37. The van der Waals surface area contributed by atoms with Crippen LogP contribution in [0, 0.1) is 12.8 Å². The highest BCUT2D eigenvalue weighted by atomic mass is 15.4. The number of anilines is 1. The lowest BCUT2D eigenvalue weighted by atomic mass is 9.85. The third-order valence-electron chi connectivity index (χ3n) is 4.60. The largest absolute Gasteiger partial charge is 0.352 e. The molecule has 1 saturated carbocycles. The van der Waals surface area contributed by atoms with Gasteiger partial charge in [0.1, 0.15) is 12.1 Å². The molecule has 0 aliphatic heterocycles. The van der Waals surface area contributed by atoms with E-state index in [1.807, 2.05) is 11.4 Å². The lowest BCUT2D eigenvalue weighted by molar-refractivity contribution is 0.316. The Bertz CT molecular complexity index is 792. The second kappa shape index (κ2) is 5.99. The van der Waals surface area contributed by atoms with Gasteiger partial charge in [0.25, 0.3) is 5.78 Å². The molecule has 0 atom stereocenters. The summed E-state index contributed by atoms with van der Waals surface area (Å²) in [6.07, 6.45) is 5.60. The molecule has 3 aromatic rings. The summed E-state index contributed by atoms with van der Waals surface area (Å²) < 4.78 is 1.86. The van der Waals surface area contributed by atoms with Crippen LogP contribution in [0.2, 0.25) is 0 Å². The van der Waals surface area contributed by atoms with Gasteiger partial charge in [-0.3, -0.25) is 0 Å². The zero-order valence-electron chi connectivity index (χ0n) is 13.4. The first-order chi connectivity index (χ1) is 11.3. The molecule has 0 saturated heterocycles. The van der Waals surface area contributed by atoms with Gasteiger partial charge in [0, 0.05) is 24.8 Å². The van der Waals surface area contributed by atoms with Crippen molar-refractivity contribution < 1.29 is 0 Å². The number of nitrogens with zero attached hydrogens (tertiary/aromatic N) is 5. The second-order valence-electron chi connectivity index (χ2n) is 6.39. The summed E-state index contributed by atoms with van der Waals surface area (Å²) in [4.78, 5) is 11.1. The van der Waals surface area contributed by atoms with Gasteiger partial charge in [-0.25, -0.2) is 4.98 Å². The molecule has 0 spiro atoms. The van der Waals surface area contributed by atoms with Crippen LogP contribution in [0.25, 0.3) is 5.78 Å². The van der Waals surface area contributed by atoms with Crippen LogP contribution in [0.1, 0.15) is 30.5 Å². The van der Waals surface area contributed by atoms with Crippen molar-refractivity contribution >= 4 is 11.6 Å². The fourth-order valence-corrected chi connectivity index (χ4v) is 3.17. The topological polar surface area (TPSA) is 46.3 Å². The van der Waals surface area contributed by atoms with Crippen LogP contribution >= 0.6 is 0 Å². The van der Waals surface area contributed by atoms with E-state index in [1.165, 1.54) is 24.8 Å². The molecular weight excluding hydrogens is 286 g/mol. The van der Waals surface area contributed by atoms with Crippen molar-refractivity contribution in [3.8, 4) is 0 Å². The van der Waals surface area contributed by atoms with Gasteiger partial charge in [-0.2, -0.15) is 14.6 Å². The van der Waals surface area contributed by atoms with E-state index in [1.54, 1.807) is 6.33 Å². The van der Waals surface area contributed by atoms with Gasteiger partial charge in [0.05, 0.1) is 0 Å². The number of aryl methyl sites for hydroxylation is 1. The first-order valence-corrected chi connectivity index (χ1v) is 8.26. The molecule has 118 valence electrons. The summed E-state index contributed by atoms with van der Waals surface area (Å²) >= 11 is 0. The lowest BCUT2D eigenvalue weighted by Crippen LogP contribution is -2.33. The Morgan fingerprint density at radius 1 is 1.22 bits per heavy atom. The Balaban J connectivity index is 1.71. The molecule has 0 N–H and O–H groups in total. The molecule has 23 heavy (non-hydrogen) atoms. The quantitative estimate of drug-likeness (QED) is 0.726. The fraction of sp³-hybridized carbons (Fsp3) is 0.389. The smallest absolute Gasteiger partial charge is 0.254 e. The molecule has 0 amide bonds. The number of fused-ring (bicyclic) bond motifs is 1. The number of hydrogen-bond acceptors (Lipinski definition) is 4. The molecule has 4 rings (SSSR count). The van der Waals surface area contributed by atoms with Crippen molar-refractivity contribution in [1.29, 1.82) is 0 Å². The van der Waals surface area contributed by atoms with Crippen LogP contribution in [0.4, 0.5) is 5.82 Å². The van der Waals surface area contributed by atoms with Gasteiger partial charge in [-0.05, 0) is 31.2 Å². The highest BCUT2D eigenvalue weighted by Crippen LogP contribution is 2.30. The number of hydrogen-bond donors (Lipinski definition) is 0. The highest BCUT2D eigenvalue weighted by Gasteiger charge is 2.23. The van der Waals surface area contributed by atoms with Crippen molar-refractivity contribution in [1.82, 2.24) is 19.6 Å². The van der Waals surface area contributed by atoms with Crippen molar-refractivity contribution in [3.63, 3.8) is 0 Å². The normalized spacial score (nSPS) is 14.8. The SMILES string of the molecule is Cc1cc(N(Cc2ccccc2)CC2CCC2)n2ncnc2n1. The Morgan fingerprint density at radius 2 is 2.04 bits per heavy atom. The predicted molar refractivity (Wildman–Crippen MR) is 90.4 cm³/mol. The zero-order chi connectivity index (χ0) is 15.6. The molecule has 5 heteroatoms. The van der Waals surface area contributed by atoms with Gasteiger partial charge in [0.15, 0.2) is 0 Å². The van der Waals surface area contributed by atoms with Crippen LogP contribution in [-0.4, -0.2) is 26.1 Å². The van der Waals surface area contributed by atoms with Crippen LogP contribution in [-0.2, 0) is 6.54 Å². The minimum absolute atomic E-state index is 0.673. The monoisotopic (exact) mass is 307 g/mol. The number of rotatable bonds is 5. The molecule has 1 aromatic carbocycles. The minimum Gasteiger partial charge on any atom is -0.352 e. The molecule has 1 aliphatic rings. The highest BCUT2D eigenvalue weighted by molar-refractivity contribution is 5.47. The summed E-state index contributed by atoms with van der Waals surface area (Å²) in [6.45, 7) is 3.96. The van der Waals surface area contributed by atoms with Gasteiger partial charge in [0.2, 0.25) is 0 Å². The third-order valence-corrected chi connectivity index (χ3v) is 4.60. The van der Waals surface area contributed by atoms with Crippen LogP contribution in [0.5, 0.6) is 0 Å². The van der Waals surface area contributed by atoms with E-state index in [0.29, 0.717) is 5.78 Å². The fourth-order valence-electron chi connectivity index (χ4n) is 3.17. The van der Waals surface area contributed by atoms with Crippen LogP contribution < -0.4 is 4.90 Å². The van der Waals surface area contributed by atoms with Crippen molar-refractivity contribution in [3.05, 3.63) is 54.0 Å². The maximum Gasteiger partial charge on any atom is 0.254 e. The number of aromatic nitrogens is 4. The van der Waals surface area contributed by atoms with E-state index >= 15 is 0 Å². The zero-order valence-corrected chi connectivity index (χ0v) is 13.4. The second-order valence-corrected chi connectivity index (χ2v) is 6.39. The molecule has 2 aromatic heterocycles. The van der Waals surface area contributed by atoms with Crippen LogP contribution in [0.3, 0.4) is 0 Å². The average Bonchev–Trinajstić information content (AvgIpc) is 2.98. The van der Waals surface area contributed by atoms with E-state index < -0.39 is 0 Å². The molecular formula is C18H21N5. The minimum atomic E-state index is 0.673. The molecule has 1 aliphatic carbocycles. The molecule has 0 bridgehead atoms. The molecule has 0 radical (unpaired) electrons. The average molecular weight is 307 g/mol. The first-order valence-electron chi connectivity index (χ1n) is 8.26. The van der Waals surface area contributed by atoms with Gasteiger partial charge in [-0.1, -0.05) is 36.8 Å². The van der Waals surface area contributed by atoms with Crippen molar-refractivity contribution in [2.45, 2.75) is 32.7 Å². The Labute approximate surface area is 136 Å². The van der Waals surface area contributed by atoms with E-state index in [0.717, 1.165) is 30.5 Å². The van der Waals surface area contributed by atoms with Gasteiger partial charge < -0.3 is 4.90 Å². The van der Waals surface area contributed by atoms with E-state index in [-0.39, 0.29) is 0 Å². The number of benzene rings is 1. The summed E-state index contributed by atoms with van der Waals surface area (Å²) in [5.74, 6) is 2.54. The molecule has 0 unspecified atom stereocenters. The first kappa shape index (κ1) is 14.2.